The van der Waals surface area contributed by atoms with Gasteiger partial charge in [0.15, 0.2) is 18.2 Å². The third-order valence-corrected chi connectivity index (χ3v) is 28.0. The van der Waals surface area contributed by atoms with Gasteiger partial charge in [0.25, 0.3) is 11.4 Å². The maximum atomic E-state index is 12.9. The van der Waals surface area contributed by atoms with Crippen LogP contribution in [0.25, 0.3) is 21.9 Å². The van der Waals surface area contributed by atoms with Gasteiger partial charge in [0.05, 0.1) is 77.4 Å². The van der Waals surface area contributed by atoms with E-state index in [0.29, 0.717) is 63.4 Å². The molecule has 9 heterocycles. The highest BCUT2D eigenvalue weighted by Crippen LogP contribution is 2.34. The first-order valence-electron chi connectivity index (χ1n) is 51.6. The predicted octanol–water partition coefficient (Wildman–Crippen LogP) is 20.7. The molecule has 1 unspecified atom stereocenters. The molecule has 784 valence electrons. The first kappa shape index (κ1) is 115. The number of pyridine rings is 1. The van der Waals surface area contributed by atoms with Crippen LogP contribution in [0.1, 0.15) is 266 Å². The number of benzene rings is 9. The molecule has 2 bridgehead atoms. The number of nitrogens with zero attached hydrogens (tertiary/aromatic N) is 10. The molecule has 2 aromatic heterocycles. The summed E-state index contributed by atoms with van der Waals surface area (Å²) in [5.41, 5.74) is 9.62. The lowest BCUT2D eigenvalue weighted by Gasteiger charge is -2.50. The fourth-order valence-electron chi connectivity index (χ4n) is 19.9. The highest BCUT2D eigenvalue weighted by atomic mass is 16.6. The quantitative estimate of drug-likeness (QED) is 0.00975. The van der Waals surface area contributed by atoms with Crippen molar-refractivity contribution >= 4 is 86.4 Å². The van der Waals surface area contributed by atoms with Crippen LogP contribution in [-0.4, -0.2) is 199 Å². The number of Topliss-reactive ketones (excluding diaryl/α,β-unsaturated/α-hetero) is 3. The first-order valence-corrected chi connectivity index (χ1v) is 51.6. The zero-order valence-electron chi connectivity index (χ0n) is 85.2. The second-order valence-electron chi connectivity index (χ2n) is 39.2. The Bertz CT molecular complexity index is 6280. The standard InChI is InChI=1S/C21H23N2O.C20H28N2O4.C16H18NO.C16H12O4.C14H20N2O4.C14H19N2O.C9H15N.C8H6O3.2CH4/c24-21(18-6-2-1-3-7-18)19-11-9-17(10-12-19)16-23-15-5-14-22-13-4-8-20(22)23;23-20(26-15-16-9-7-8-14-19(16)22(24)25)21(17-10-3-1-4-11-17)18-12-5-2-6-13-18;1-13(2)14-8-10-17(11-9-14)12-16(18)15-6-4-3-5-7-15;1-9(16(18)19)10-6-7-14-12(8-10)15(17)11-4-2-3-5-13(11)20-14;1-10(2)15(11(3)4)14(17)20-9-12-7-5-6-8-13(12)16(18)19;17-14(13-4-2-1-3-5-13)12-16-9-6-15(7-10-16)8-11-16;1-3-7-10-8-4-2-6-9(10)5-1;9-7(8(10)11)6-4-2-1-3-5-6;;/h1-3,6-7,9-12H,4-5,8,13-16H2;7-9,14,17-18H,1-6,10-13,15H2;3-11,13H,12H2,1-2H3;2-9H,1H3,(H,18,19);5-8,10-11H,9H2,1-4H3;1-5H,6-12H2;5H,1-4,6-8H2;1-5H,(H,10,11);2*1H4/q+1;;+1;;;+1;;;;/p-2. The monoisotopic (exact) mass is 2020 g/mol. The summed E-state index contributed by atoms with van der Waals surface area (Å²) in [6, 6.07) is 73.6. The summed E-state index contributed by atoms with van der Waals surface area (Å²) in [7, 11) is 0. The first-order chi connectivity index (χ1) is 70.5. The van der Waals surface area contributed by atoms with Crippen LogP contribution in [0.15, 0.2) is 282 Å². The van der Waals surface area contributed by atoms with E-state index >= 15 is 0 Å². The molecule has 20 rings (SSSR count). The highest BCUT2D eigenvalue weighted by Gasteiger charge is 2.41. The number of carboxylic acids is 2. The van der Waals surface area contributed by atoms with Gasteiger partial charge in [-0.2, -0.15) is 4.57 Å². The van der Waals surface area contributed by atoms with E-state index in [1.165, 1.54) is 158 Å². The topological polar surface area (TPSA) is 341 Å². The molecule has 7 aliphatic heterocycles. The molecule has 0 radical (unpaired) electrons. The number of nitro groups is 2. The molecule has 2 amide bonds. The number of allylic oxidation sites excluding steroid dienone is 2. The van der Waals surface area contributed by atoms with Crippen molar-refractivity contribution in [1.82, 2.24) is 24.5 Å². The van der Waals surface area contributed by atoms with E-state index in [1.807, 2.05) is 153 Å². The summed E-state index contributed by atoms with van der Waals surface area (Å²) < 4.78 is 21.9. The lowest BCUT2D eigenvalue weighted by atomic mass is 9.89. The largest absolute Gasteiger partial charge is 0.550 e. The van der Waals surface area contributed by atoms with Gasteiger partial charge in [-0.15, -0.1) is 0 Å². The fraction of sp³-hybridized carbons (Fsp3) is 0.408. The molecule has 0 N–H and O–H groups in total. The van der Waals surface area contributed by atoms with Crippen LogP contribution < -0.4 is 20.2 Å². The Morgan fingerprint density at radius 1 is 0.480 bits per heavy atom. The second kappa shape index (κ2) is 58.1. The number of aromatic nitrogens is 1. The van der Waals surface area contributed by atoms with Crippen LogP contribution in [0.5, 0.6) is 0 Å². The van der Waals surface area contributed by atoms with E-state index in [0.717, 1.165) is 111 Å². The minimum atomic E-state index is -1.67. The van der Waals surface area contributed by atoms with Crippen LogP contribution in [0.4, 0.5) is 21.0 Å². The molecule has 28 heteroatoms. The van der Waals surface area contributed by atoms with Crippen molar-refractivity contribution in [3.8, 4) is 0 Å². The third-order valence-electron chi connectivity index (χ3n) is 28.0. The molecule has 9 aromatic carbocycles. The van der Waals surface area contributed by atoms with Crippen LogP contribution in [0.2, 0.25) is 0 Å². The Kier molecular flexibility index (Phi) is 45.3. The number of aliphatic carboxylic acids is 2. The zero-order valence-corrected chi connectivity index (χ0v) is 85.2. The van der Waals surface area contributed by atoms with E-state index in [9.17, 15) is 73.6 Å². The number of rotatable bonds is 25. The van der Waals surface area contributed by atoms with Crippen molar-refractivity contribution in [3.63, 3.8) is 0 Å². The van der Waals surface area contributed by atoms with E-state index in [2.05, 4.69) is 63.5 Å². The van der Waals surface area contributed by atoms with Crippen molar-refractivity contribution in [3.05, 3.63) is 359 Å². The van der Waals surface area contributed by atoms with E-state index in [-0.39, 0.29) is 92.3 Å². The Balaban J connectivity index is 0.000000175. The Hall–Kier alpha value is -14.5. The molecular formula is C120H147N10O18+. The molecule has 0 spiro atoms. The Morgan fingerprint density at radius 3 is 1.49 bits per heavy atom. The van der Waals surface area contributed by atoms with Gasteiger partial charge in [-0.05, 0) is 151 Å². The van der Waals surface area contributed by atoms with Gasteiger partial charge in [0.1, 0.15) is 43.4 Å². The number of carbonyl (C=O) groups excluding carboxylic acids is 8. The Morgan fingerprint density at radius 2 is 0.966 bits per heavy atom. The smallest absolute Gasteiger partial charge is 0.410 e. The molecule has 1 atom stereocenters. The molecule has 28 nitrogen and oxygen atoms in total. The molecule has 6 fully saturated rings. The van der Waals surface area contributed by atoms with Gasteiger partial charge in [0, 0.05) is 133 Å². The van der Waals surface area contributed by atoms with Gasteiger partial charge in [-0.3, -0.25) is 58.6 Å². The number of hydrogen-bond acceptors (Lipinski definition) is 21. The molecular weight excluding hydrogens is 1870 g/mol. The van der Waals surface area contributed by atoms with Gasteiger partial charge >= 0.3 is 12.2 Å². The maximum absolute atomic E-state index is 12.9. The number of amidine groups is 1. The van der Waals surface area contributed by atoms with Crippen LogP contribution in [0, 0.1) is 20.2 Å². The average Bonchev–Trinajstić information content (AvgIpc) is 0.863. The van der Waals surface area contributed by atoms with Crippen LogP contribution in [-0.2, 0) is 45.4 Å². The number of hydrogen-bond donors (Lipinski definition) is 0. The van der Waals surface area contributed by atoms with Gasteiger partial charge in [-0.25, -0.2) is 9.59 Å². The van der Waals surface area contributed by atoms with E-state index < -0.39 is 39.6 Å². The molecule has 2 saturated carbocycles. The number of piperidine rings is 1. The molecule has 4 saturated heterocycles. The number of piperazine rings is 3. The summed E-state index contributed by atoms with van der Waals surface area (Å²) in [5.74, 6) is -2.02. The summed E-state index contributed by atoms with van der Waals surface area (Å²) in [5, 5.41) is 43.8. The van der Waals surface area contributed by atoms with Crippen molar-refractivity contribution in [2.45, 2.75) is 241 Å². The van der Waals surface area contributed by atoms with Crippen LogP contribution in [0.3, 0.4) is 0 Å². The lowest BCUT2D eigenvalue weighted by Crippen LogP contribution is -2.68. The number of carbonyl (C=O) groups is 8. The molecule has 148 heavy (non-hydrogen) atoms. The molecule has 9 aliphatic rings. The summed E-state index contributed by atoms with van der Waals surface area (Å²) in [6.07, 6.45) is 27.5. The maximum Gasteiger partial charge on any atom is 0.410 e. The van der Waals surface area contributed by atoms with Gasteiger partial charge < -0.3 is 52.9 Å². The Labute approximate surface area is 870 Å². The number of carboxylic acid groups (broad SMARTS) is 2. The number of fused-ring (bicyclic) bond motifs is 6. The van der Waals surface area contributed by atoms with Crippen LogP contribution >= 0.6 is 0 Å². The molecule has 11 aromatic rings. The number of nitro benzene ring substituents is 2. The van der Waals surface area contributed by atoms with Gasteiger partial charge in [0.2, 0.25) is 35.2 Å². The predicted molar refractivity (Wildman–Crippen MR) is 574 cm³/mol. The van der Waals surface area contributed by atoms with E-state index in [1.54, 1.807) is 108 Å². The minimum Gasteiger partial charge on any atom is -0.550 e. The van der Waals surface area contributed by atoms with Crippen molar-refractivity contribution < 1.29 is 85.9 Å². The normalized spacial score (nSPS) is 16.6. The third kappa shape index (κ3) is 33.5. The fourth-order valence-corrected chi connectivity index (χ4v) is 19.9. The van der Waals surface area contributed by atoms with Crippen molar-refractivity contribution in [1.29, 1.82) is 0 Å². The lowest BCUT2D eigenvalue weighted by molar-refractivity contribution is -0.933. The number of ketones is 4. The summed E-state index contributed by atoms with van der Waals surface area (Å²) in [6.45, 7) is 28.5. The number of para-hydroxylation sites is 3. The summed E-state index contributed by atoms with van der Waals surface area (Å²) in [4.78, 5) is 138. The SMILES string of the molecule is C.C.C1=C2CCCCN2CCC1.CC(C(=O)[O-])c1ccc2oc3ccccc3c(=O)c2c1.CC(C)N(C(=O)OCc1ccccc1[N+](=O)[O-])C(C)C.CC(C)c1cc[n+](CC(=O)c2ccccc2)cc1.O=C(C[N+]12CCN(CC1)CC2)c1ccccc1.O=C(OCc1ccccc1[N+](=O)[O-])N(C1CCCCC1)C1CCCCC1.O=C([O-])C(=O)c1ccccc1.O=C(c1ccccc1)c1ccc(CN2CCC[N+]3=C2CCC3)cc1. The summed E-state index contributed by atoms with van der Waals surface area (Å²) >= 11 is 0. The number of quaternary nitrogens is 1. The van der Waals surface area contributed by atoms with E-state index in [4.69, 9.17) is 13.9 Å². The van der Waals surface area contributed by atoms with Gasteiger partial charge in [-0.1, -0.05) is 268 Å². The second-order valence-corrected chi connectivity index (χ2v) is 39.2. The molecule has 2 aliphatic carbocycles. The zero-order chi connectivity index (χ0) is 104. The average molecular weight is 2020 g/mol. The number of ether oxygens (including phenoxy) is 2. The highest BCUT2D eigenvalue weighted by molar-refractivity contribution is 6.39. The minimum absolute atomic E-state index is 0. The van der Waals surface area contributed by atoms with Crippen molar-refractivity contribution in [2.24, 2.45) is 0 Å². The van der Waals surface area contributed by atoms with Crippen molar-refractivity contribution in [2.75, 3.05) is 78.5 Å². The number of amides is 2.